The van der Waals surface area contributed by atoms with Gasteiger partial charge in [-0.1, -0.05) is 17.7 Å². The highest BCUT2D eigenvalue weighted by Gasteiger charge is 2.37. The van der Waals surface area contributed by atoms with Crippen LogP contribution in [0.3, 0.4) is 0 Å². The van der Waals surface area contributed by atoms with Crippen molar-refractivity contribution in [3.63, 3.8) is 0 Å². The van der Waals surface area contributed by atoms with Gasteiger partial charge in [-0.05, 0) is 61.0 Å². The Morgan fingerprint density at radius 2 is 1.88 bits per heavy atom. The van der Waals surface area contributed by atoms with Crippen molar-refractivity contribution in [1.29, 1.82) is 0 Å². The van der Waals surface area contributed by atoms with Crippen LogP contribution in [0.25, 0.3) is 0 Å². The average molecular weight is 497 g/mol. The molecular weight excluding hydrogens is 480 g/mol. The van der Waals surface area contributed by atoms with Gasteiger partial charge in [0.2, 0.25) is 0 Å². The maximum absolute atomic E-state index is 14.1. The highest BCUT2D eigenvalue weighted by molar-refractivity contribution is 7.10. The molecule has 33 heavy (non-hydrogen) atoms. The number of amides is 2. The predicted molar refractivity (Wildman–Crippen MR) is 120 cm³/mol. The molecule has 3 aromatic rings. The fraction of sp³-hybridized carbons (Fsp3) is 0.217. The first-order chi connectivity index (χ1) is 15.7. The number of benzene rings is 2. The molecule has 0 atom stereocenters. The third-order valence-electron chi connectivity index (χ3n) is 5.30. The number of thiophene rings is 1. The third-order valence-corrected chi connectivity index (χ3v) is 6.58. The van der Waals surface area contributed by atoms with Gasteiger partial charge in [-0.15, -0.1) is 11.3 Å². The van der Waals surface area contributed by atoms with Crippen LogP contribution in [0.4, 0.5) is 28.9 Å². The summed E-state index contributed by atoms with van der Waals surface area (Å²) in [6.45, 7) is 0.533. The Kier molecular flexibility index (Phi) is 6.45. The number of carbonyl (C=O) groups excluding carboxylic acids is 2. The number of nitrogens with one attached hydrogen (secondary N) is 1. The fourth-order valence-electron chi connectivity index (χ4n) is 3.74. The van der Waals surface area contributed by atoms with Gasteiger partial charge in [0.15, 0.2) is 0 Å². The van der Waals surface area contributed by atoms with Crippen LogP contribution in [0.15, 0.2) is 47.8 Å². The van der Waals surface area contributed by atoms with Gasteiger partial charge < -0.3 is 10.2 Å². The highest BCUT2D eigenvalue weighted by atomic mass is 35.5. The topological polar surface area (TPSA) is 49.4 Å². The molecule has 0 bridgehead atoms. The van der Waals surface area contributed by atoms with Crippen molar-refractivity contribution in [1.82, 2.24) is 0 Å². The molecule has 1 aromatic heterocycles. The van der Waals surface area contributed by atoms with E-state index in [1.54, 1.807) is 16.2 Å². The molecule has 0 saturated heterocycles. The Labute approximate surface area is 195 Å². The number of hydrogen-bond donors (Lipinski definition) is 1. The molecule has 10 heteroatoms. The summed E-state index contributed by atoms with van der Waals surface area (Å²) in [4.78, 5) is 28.4. The lowest BCUT2D eigenvalue weighted by Gasteiger charge is -2.22. The van der Waals surface area contributed by atoms with Crippen LogP contribution in [0.5, 0.6) is 0 Å². The van der Waals surface area contributed by atoms with Crippen molar-refractivity contribution in [3.05, 3.63) is 80.3 Å². The normalized spacial score (nSPS) is 13.9. The number of anilines is 2. The van der Waals surface area contributed by atoms with Crippen molar-refractivity contribution in [3.8, 4) is 0 Å². The Balaban J connectivity index is 1.59. The van der Waals surface area contributed by atoms with E-state index in [1.807, 2.05) is 11.4 Å². The number of halogens is 5. The quantitative estimate of drug-likeness (QED) is 0.406. The minimum Gasteiger partial charge on any atom is -0.322 e. The molecular formula is C23H17ClF4N2O2S. The van der Waals surface area contributed by atoms with E-state index < -0.39 is 29.0 Å². The predicted octanol–water partition coefficient (Wildman–Crippen LogP) is 6.79. The Morgan fingerprint density at radius 1 is 1.09 bits per heavy atom. The molecule has 0 aliphatic carbocycles. The minimum atomic E-state index is -4.91. The minimum absolute atomic E-state index is 0.0170. The Bertz CT molecular complexity index is 1230. The summed E-state index contributed by atoms with van der Waals surface area (Å²) in [7, 11) is 0. The summed E-state index contributed by atoms with van der Waals surface area (Å²) in [5, 5.41) is 4.18. The molecule has 1 N–H and O–H groups in total. The molecule has 2 heterocycles. The van der Waals surface area contributed by atoms with Crippen LogP contribution in [-0.2, 0) is 12.6 Å². The van der Waals surface area contributed by atoms with Gasteiger partial charge in [0, 0.05) is 17.1 Å². The standard InChI is InChI=1S/C23H17ClF4N2O2S/c24-16-12-13(29-21(31)20-15(23(26,27)28)4-3-5-17(20)25)7-8-14(16)22(32)30-10-2-1-6-19-18(30)9-11-33-19/h3-5,7-9,11-12H,1-2,6,10H2,(H,29,31). The lowest BCUT2D eigenvalue weighted by Crippen LogP contribution is -2.31. The van der Waals surface area contributed by atoms with Gasteiger partial charge >= 0.3 is 6.18 Å². The molecule has 0 fully saturated rings. The van der Waals surface area contributed by atoms with Gasteiger partial charge in [-0.3, -0.25) is 9.59 Å². The van der Waals surface area contributed by atoms with E-state index in [0.29, 0.717) is 12.6 Å². The molecule has 172 valence electrons. The first-order valence-electron chi connectivity index (χ1n) is 10.0. The number of nitrogens with zero attached hydrogens (tertiary/aromatic N) is 1. The molecule has 2 amide bonds. The maximum Gasteiger partial charge on any atom is 0.417 e. The second-order valence-electron chi connectivity index (χ2n) is 7.45. The van der Waals surface area contributed by atoms with Crippen LogP contribution in [0, 0.1) is 5.82 Å². The number of carbonyl (C=O) groups is 2. The SMILES string of the molecule is O=C(Nc1ccc(C(=O)N2CCCCc3sccc32)c(Cl)c1)c1c(F)cccc1C(F)(F)F. The molecule has 4 nitrogen and oxygen atoms in total. The van der Waals surface area contributed by atoms with E-state index in [-0.39, 0.29) is 22.2 Å². The molecule has 0 saturated carbocycles. The molecule has 2 aromatic carbocycles. The van der Waals surface area contributed by atoms with E-state index in [9.17, 15) is 27.2 Å². The molecule has 1 aliphatic rings. The van der Waals surface area contributed by atoms with Crippen LogP contribution in [-0.4, -0.2) is 18.4 Å². The van der Waals surface area contributed by atoms with Crippen molar-refractivity contribution in [2.45, 2.75) is 25.4 Å². The van der Waals surface area contributed by atoms with Crippen LogP contribution in [0.2, 0.25) is 5.02 Å². The molecule has 0 spiro atoms. The van der Waals surface area contributed by atoms with E-state index in [1.165, 1.54) is 18.2 Å². The zero-order valence-corrected chi connectivity index (χ0v) is 18.6. The largest absolute Gasteiger partial charge is 0.417 e. The van der Waals surface area contributed by atoms with Crippen LogP contribution < -0.4 is 10.2 Å². The molecule has 4 rings (SSSR count). The third kappa shape index (κ3) is 4.74. The van der Waals surface area contributed by atoms with Gasteiger partial charge in [0.05, 0.1) is 27.4 Å². The van der Waals surface area contributed by atoms with Crippen molar-refractivity contribution >= 4 is 46.1 Å². The van der Waals surface area contributed by atoms with Gasteiger partial charge in [-0.2, -0.15) is 13.2 Å². The Morgan fingerprint density at radius 3 is 2.61 bits per heavy atom. The molecule has 0 unspecified atom stereocenters. The summed E-state index contributed by atoms with van der Waals surface area (Å²) >= 11 is 7.88. The molecule has 1 aliphatic heterocycles. The second-order valence-corrected chi connectivity index (χ2v) is 8.86. The number of aryl methyl sites for hydroxylation is 1. The molecule has 0 radical (unpaired) electrons. The van der Waals surface area contributed by atoms with E-state index >= 15 is 0 Å². The summed E-state index contributed by atoms with van der Waals surface area (Å²) < 4.78 is 53.7. The number of hydrogen-bond acceptors (Lipinski definition) is 3. The number of rotatable bonds is 3. The monoisotopic (exact) mass is 496 g/mol. The summed E-state index contributed by atoms with van der Waals surface area (Å²) in [6.07, 6.45) is -2.21. The summed E-state index contributed by atoms with van der Waals surface area (Å²) in [5.74, 6) is -2.88. The zero-order valence-electron chi connectivity index (χ0n) is 17.0. The van der Waals surface area contributed by atoms with Gasteiger partial charge in [0.1, 0.15) is 5.82 Å². The lowest BCUT2D eigenvalue weighted by atomic mass is 10.1. The van der Waals surface area contributed by atoms with Crippen LogP contribution in [0.1, 0.15) is 44.0 Å². The Hall–Kier alpha value is -2.91. The number of alkyl halides is 3. The number of fused-ring (bicyclic) bond motifs is 1. The van der Waals surface area contributed by atoms with E-state index in [4.69, 9.17) is 11.6 Å². The smallest absolute Gasteiger partial charge is 0.322 e. The fourth-order valence-corrected chi connectivity index (χ4v) is 4.93. The second kappa shape index (κ2) is 9.15. The maximum atomic E-state index is 14.1. The van der Waals surface area contributed by atoms with Crippen molar-refractivity contribution in [2.75, 3.05) is 16.8 Å². The summed E-state index contributed by atoms with van der Waals surface area (Å²) in [6, 6.07) is 8.17. The van der Waals surface area contributed by atoms with E-state index in [0.717, 1.165) is 42.0 Å². The van der Waals surface area contributed by atoms with Crippen LogP contribution >= 0.6 is 22.9 Å². The van der Waals surface area contributed by atoms with E-state index in [2.05, 4.69) is 5.32 Å². The first kappa shape index (κ1) is 23.3. The zero-order chi connectivity index (χ0) is 23.8. The van der Waals surface area contributed by atoms with Crippen molar-refractivity contribution in [2.24, 2.45) is 0 Å². The summed E-state index contributed by atoms with van der Waals surface area (Å²) in [5.41, 5.74) is -1.43. The van der Waals surface area contributed by atoms with Gasteiger partial charge in [0.25, 0.3) is 11.8 Å². The lowest BCUT2D eigenvalue weighted by molar-refractivity contribution is -0.138. The average Bonchev–Trinajstić information content (AvgIpc) is 3.11. The first-order valence-corrected chi connectivity index (χ1v) is 11.3. The van der Waals surface area contributed by atoms with Gasteiger partial charge in [-0.25, -0.2) is 4.39 Å². The highest BCUT2D eigenvalue weighted by Crippen LogP contribution is 2.35. The van der Waals surface area contributed by atoms with Crippen molar-refractivity contribution < 1.29 is 27.2 Å².